The molecule has 0 amide bonds. The van der Waals surface area contributed by atoms with Crippen molar-refractivity contribution in [2.24, 2.45) is 0 Å². The first-order valence-corrected chi connectivity index (χ1v) is 16.2. The zero-order valence-electron chi connectivity index (χ0n) is 25.9. The maximum atomic E-state index is 6.76. The number of nitrogens with zero attached hydrogens (tertiary/aromatic N) is 3. The second kappa shape index (κ2) is 10.6. The average Bonchev–Trinajstić information content (AvgIpc) is 3.72. The minimum atomic E-state index is 0.648. The van der Waals surface area contributed by atoms with E-state index >= 15 is 0 Å². The molecule has 5 heteroatoms. The molecule has 5 nitrogen and oxygen atoms in total. The lowest BCUT2D eigenvalue weighted by Crippen LogP contribution is -2.06. The summed E-state index contributed by atoms with van der Waals surface area (Å²) in [6.45, 7) is 0. The minimum absolute atomic E-state index is 0.648. The lowest BCUT2D eigenvalue weighted by atomic mass is 9.92. The van der Waals surface area contributed by atoms with Crippen LogP contribution in [0.3, 0.4) is 0 Å². The topological polar surface area (TPSA) is 65.0 Å². The van der Waals surface area contributed by atoms with E-state index in [0.29, 0.717) is 17.5 Å². The number of rotatable bonds is 4. The van der Waals surface area contributed by atoms with Gasteiger partial charge in [-0.25, -0.2) is 15.0 Å². The van der Waals surface area contributed by atoms with Crippen LogP contribution >= 0.6 is 0 Å². The Labute approximate surface area is 275 Å². The molecule has 0 saturated carbocycles. The molecule has 0 aliphatic heterocycles. The number of aryl methyl sites for hydroxylation is 1. The molecule has 0 N–H and O–H groups in total. The highest BCUT2D eigenvalue weighted by Gasteiger charge is 2.26. The van der Waals surface area contributed by atoms with Crippen LogP contribution in [0.15, 0.2) is 148 Å². The quantitative estimate of drug-likeness (QED) is 0.197. The zero-order chi connectivity index (χ0) is 31.6. The second-order valence-electron chi connectivity index (χ2n) is 12.3. The predicted octanol–water partition coefficient (Wildman–Crippen LogP) is 11.0. The van der Waals surface area contributed by atoms with Gasteiger partial charge in [-0.1, -0.05) is 115 Å². The molecule has 226 valence electrons. The molecule has 0 fully saturated rings. The van der Waals surface area contributed by atoms with Crippen molar-refractivity contribution in [2.45, 2.75) is 12.8 Å². The van der Waals surface area contributed by atoms with Gasteiger partial charge in [-0.05, 0) is 47.0 Å². The molecule has 0 atom stereocenters. The summed E-state index contributed by atoms with van der Waals surface area (Å²) >= 11 is 0. The molecule has 3 heterocycles. The van der Waals surface area contributed by atoms with Gasteiger partial charge < -0.3 is 8.83 Å². The Morgan fingerprint density at radius 1 is 0.479 bits per heavy atom. The third kappa shape index (κ3) is 4.28. The summed E-state index contributed by atoms with van der Waals surface area (Å²) in [7, 11) is 0. The summed E-state index contributed by atoms with van der Waals surface area (Å²) < 4.78 is 13.1. The van der Waals surface area contributed by atoms with Crippen LogP contribution in [0.4, 0.5) is 0 Å². The zero-order valence-corrected chi connectivity index (χ0v) is 25.9. The maximum absolute atomic E-state index is 6.76. The van der Waals surface area contributed by atoms with Gasteiger partial charge in [-0.2, -0.15) is 0 Å². The third-order valence-electron chi connectivity index (χ3n) is 9.37. The summed E-state index contributed by atoms with van der Waals surface area (Å²) in [5, 5.41) is 5.63. The Morgan fingerprint density at radius 3 is 1.90 bits per heavy atom. The van der Waals surface area contributed by atoms with Gasteiger partial charge in [0, 0.05) is 50.4 Å². The smallest absolute Gasteiger partial charge is 0.164 e. The van der Waals surface area contributed by atoms with Gasteiger partial charge in [0.25, 0.3) is 0 Å². The molecule has 0 spiro atoms. The van der Waals surface area contributed by atoms with E-state index in [2.05, 4.69) is 78.9 Å². The minimum Gasteiger partial charge on any atom is -0.460 e. The fraction of sp³-hybridized carbons (Fsp3) is 0.0465. The van der Waals surface area contributed by atoms with Crippen LogP contribution in [-0.2, 0) is 6.42 Å². The molecule has 0 bridgehead atoms. The summed E-state index contributed by atoms with van der Waals surface area (Å²) in [6.07, 6.45) is 3.90. The predicted molar refractivity (Wildman–Crippen MR) is 193 cm³/mol. The average molecular weight is 618 g/mol. The molecule has 1 aliphatic carbocycles. The van der Waals surface area contributed by atoms with Gasteiger partial charge >= 0.3 is 0 Å². The molecule has 6 aromatic carbocycles. The summed E-state index contributed by atoms with van der Waals surface area (Å²) in [4.78, 5) is 15.0. The van der Waals surface area contributed by atoms with Crippen molar-refractivity contribution in [2.75, 3.05) is 0 Å². The second-order valence-corrected chi connectivity index (χ2v) is 12.3. The first kappa shape index (κ1) is 26.8. The first-order chi connectivity index (χ1) is 23.8. The SMILES string of the molecule is C1=C(c2nc(-c3ccccc3)nc(-c3ccccc3)n2)c2c(oc3c(-c4ccc5oc6cc7ccccc7cc6c5c4)cccc23)CC1. The van der Waals surface area contributed by atoms with E-state index in [9.17, 15) is 0 Å². The summed E-state index contributed by atoms with van der Waals surface area (Å²) in [6, 6.07) is 45.8. The number of aromatic nitrogens is 3. The number of para-hydroxylation sites is 1. The van der Waals surface area contributed by atoms with Gasteiger partial charge in [0.05, 0.1) is 0 Å². The lowest BCUT2D eigenvalue weighted by Gasteiger charge is -2.14. The number of hydrogen-bond donors (Lipinski definition) is 0. The van der Waals surface area contributed by atoms with Crippen LogP contribution in [-0.4, -0.2) is 15.0 Å². The molecule has 9 aromatic rings. The fourth-order valence-corrected chi connectivity index (χ4v) is 7.08. The van der Waals surface area contributed by atoms with Gasteiger partial charge in [-0.3, -0.25) is 0 Å². The van der Waals surface area contributed by atoms with E-state index in [1.165, 1.54) is 10.8 Å². The van der Waals surface area contributed by atoms with Crippen LogP contribution in [0.1, 0.15) is 23.6 Å². The largest absolute Gasteiger partial charge is 0.460 e. The van der Waals surface area contributed by atoms with Crippen LogP contribution in [0.2, 0.25) is 0 Å². The fourth-order valence-electron chi connectivity index (χ4n) is 7.08. The molecular formula is C43H27N3O2. The summed E-state index contributed by atoms with van der Waals surface area (Å²) in [5.74, 6) is 2.90. The van der Waals surface area contributed by atoms with Gasteiger partial charge in [0.1, 0.15) is 22.5 Å². The standard InChI is InChI=1S/C43H27N3O2/c1-3-11-26(12-4-1)41-44-42(27-13-5-2-6-14-27)46-43(45-41)33-19-10-20-37-39(33)32-18-9-17-31(40(32)48-37)30-21-22-36-34(24-30)35-23-28-15-7-8-16-29(28)25-38(35)47-36/h1-9,11-19,21-25H,10,20H2. The Kier molecular flexibility index (Phi) is 5.93. The van der Waals surface area contributed by atoms with Crippen LogP contribution < -0.4 is 0 Å². The molecular weight excluding hydrogens is 590 g/mol. The monoisotopic (exact) mass is 617 g/mol. The van der Waals surface area contributed by atoms with E-state index < -0.39 is 0 Å². The highest BCUT2D eigenvalue weighted by molar-refractivity contribution is 6.12. The Balaban J connectivity index is 1.14. The van der Waals surface area contributed by atoms with E-state index in [-0.39, 0.29) is 0 Å². The van der Waals surface area contributed by atoms with Crippen LogP contribution in [0.5, 0.6) is 0 Å². The lowest BCUT2D eigenvalue weighted by molar-refractivity contribution is 0.546. The van der Waals surface area contributed by atoms with E-state index in [1.807, 2.05) is 60.7 Å². The molecule has 1 aliphatic rings. The van der Waals surface area contributed by atoms with Gasteiger partial charge in [0.2, 0.25) is 0 Å². The first-order valence-electron chi connectivity index (χ1n) is 16.2. The van der Waals surface area contributed by atoms with Crippen LogP contribution in [0, 0.1) is 0 Å². The van der Waals surface area contributed by atoms with Crippen molar-refractivity contribution in [1.82, 2.24) is 15.0 Å². The summed E-state index contributed by atoms with van der Waals surface area (Å²) in [5.41, 5.74) is 8.70. The third-order valence-corrected chi connectivity index (χ3v) is 9.37. The molecule has 0 radical (unpaired) electrons. The molecule has 10 rings (SSSR count). The van der Waals surface area contributed by atoms with E-state index in [0.717, 1.165) is 84.9 Å². The molecule has 3 aromatic heterocycles. The molecule has 0 unspecified atom stereocenters. The van der Waals surface area contributed by atoms with E-state index in [4.69, 9.17) is 23.8 Å². The number of allylic oxidation sites excluding steroid dienone is 1. The maximum Gasteiger partial charge on any atom is 0.164 e. The number of furan rings is 2. The van der Waals surface area contributed by atoms with Crippen molar-refractivity contribution in [3.8, 4) is 33.9 Å². The normalized spacial score (nSPS) is 13.0. The van der Waals surface area contributed by atoms with Crippen molar-refractivity contribution >= 4 is 49.3 Å². The van der Waals surface area contributed by atoms with E-state index in [1.54, 1.807) is 0 Å². The number of hydrogen-bond acceptors (Lipinski definition) is 5. The van der Waals surface area contributed by atoms with Gasteiger partial charge in [0.15, 0.2) is 17.5 Å². The number of benzene rings is 6. The van der Waals surface area contributed by atoms with Crippen molar-refractivity contribution in [3.63, 3.8) is 0 Å². The molecule has 0 saturated heterocycles. The molecule has 48 heavy (non-hydrogen) atoms. The highest BCUT2D eigenvalue weighted by Crippen LogP contribution is 2.43. The van der Waals surface area contributed by atoms with Crippen molar-refractivity contribution in [1.29, 1.82) is 0 Å². The Morgan fingerprint density at radius 2 is 1.15 bits per heavy atom. The Bertz CT molecular complexity index is 2660. The highest BCUT2D eigenvalue weighted by atomic mass is 16.3. The Hall–Kier alpha value is -6.33. The number of fused-ring (bicyclic) bond motifs is 7. The van der Waals surface area contributed by atoms with Crippen LogP contribution in [0.25, 0.3) is 83.2 Å². The van der Waals surface area contributed by atoms with Crippen molar-refractivity contribution in [3.05, 3.63) is 157 Å². The van der Waals surface area contributed by atoms with Crippen molar-refractivity contribution < 1.29 is 8.83 Å². The van der Waals surface area contributed by atoms with Gasteiger partial charge in [-0.15, -0.1) is 0 Å².